The van der Waals surface area contributed by atoms with E-state index in [2.05, 4.69) is 36.6 Å². The number of hydrogen-bond acceptors (Lipinski definition) is 4. The molecule has 152 valence electrons. The molecule has 7 nitrogen and oxygen atoms in total. The number of halogens is 1. The SMILES string of the molecule is CC(=O)Nc1ccc(NC(=O)C23C[C@@H]4C[C@@H](C2)CC(n2cnc(Br)n2)(C4)C3)cc1. The van der Waals surface area contributed by atoms with Gasteiger partial charge in [-0.3, -0.25) is 9.59 Å². The van der Waals surface area contributed by atoms with Gasteiger partial charge >= 0.3 is 0 Å². The minimum Gasteiger partial charge on any atom is -0.326 e. The van der Waals surface area contributed by atoms with E-state index in [1.165, 1.54) is 13.3 Å². The molecule has 1 heterocycles. The van der Waals surface area contributed by atoms with E-state index < -0.39 is 0 Å². The molecule has 0 aliphatic heterocycles. The van der Waals surface area contributed by atoms with Gasteiger partial charge in [-0.1, -0.05) is 0 Å². The van der Waals surface area contributed by atoms with Crippen LogP contribution in [0.25, 0.3) is 0 Å². The highest BCUT2D eigenvalue weighted by Crippen LogP contribution is 2.64. The van der Waals surface area contributed by atoms with Crippen LogP contribution < -0.4 is 10.6 Å². The van der Waals surface area contributed by atoms with Gasteiger partial charge in [0.2, 0.25) is 16.5 Å². The van der Waals surface area contributed by atoms with Gasteiger partial charge in [0.1, 0.15) is 6.33 Å². The molecule has 2 amide bonds. The second kappa shape index (κ2) is 6.65. The zero-order valence-corrected chi connectivity index (χ0v) is 17.9. The van der Waals surface area contributed by atoms with Crippen molar-refractivity contribution in [3.63, 3.8) is 0 Å². The molecule has 2 atom stereocenters. The summed E-state index contributed by atoms with van der Waals surface area (Å²) in [5.41, 5.74) is 1.03. The molecule has 29 heavy (non-hydrogen) atoms. The highest BCUT2D eigenvalue weighted by molar-refractivity contribution is 9.10. The van der Waals surface area contributed by atoms with Crippen LogP contribution in [0.3, 0.4) is 0 Å². The summed E-state index contributed by atoms with van der Waals surface area (Å²) < 4.78 is 2.62. The van der Waals surface area contributed by atoms with Crippen molar-refractivity contribution >= 4 is 39.1 Å². The predicted octanol–water partition coefficient (Wildman–Crippen LogP) is 3.93. The molecule has 4 saturated carbocycles. The number of carbonyl (C=O) groups is 2. The van der Waals surface area contributed by atoms with Crippen LogP contribution in [-0.4, -0.2) is 26.6 Å². The Morgan fingerprint density at radius 2 is 1.69 bits per heavy atom. The van der Waals surface area contributed by atoms with Gasteiger partial charge in [-0.05, 0) is 90.6 Å². The molecule has 0 spiro atoms. The van der Waals surface area contributed by atoms with Crippen molar-refractivity contribution in [2.24, 2.45) is 17.3 Å². The highest BCUT2D eigenvalue weighted by Gasteiger charge is 2.61. The fourth-order valence-corrected chi connectivity index (χ4v) is 6.59. The number of nitrogens with one attached hydrogen (secondary N) is 2. The first-order chi connectivity index (χ1) is 13.9. The van der Waals surface area contributed by atoms with Gasteiger partial charge in [0.05, 0.1) is 11.0 Å². The Morgan fingerprint density at radius 3 is 2.24 bits per heavy atom. The largest absolute Gasteiger partial charge is 0.326 e. The van der Waals surface area contributed by atoms with E-state index in [1.807, 2.05) is 35.3 Å². The maximum absolute atomic E-state index is 13.5. The van der Waals surface area contributed by atoms with Gasteiger partial charge < -0.3 is 10.6 Å². The van der Waals surface area contributed by atoms with E-state index in [9.17, 15) is 9.59 Å². The lowest BCUT2D eigenvalue weighted by Gasteiger charge is -2.60. The van der Waals surface area contributed by atoms with Crippen LogP contribution in [0.2, 0.25) is 0 Å². The summed E-state index contributed by atoms with van der Waals surface area (Å²) in [5.74, 6) is 1.13. The molecule has 1 aromatic carbocycles. The quantitative estimate of drug-likeness (QED) is 0.727. The first-order valence-corrected chi connectivity index (χ1v) is 10.9. The molecule has 2 N–H and O–H groups in total. The summed E-state index contributed by atoms with van der Waals surface area (Å²) in [6.45, 7) is 1.48. The van der Waals surface area contributed by atoms with Crippen LogP contribution >= 0.6 is 15.9 Å². The van der Waals surface area contributed by atoms with Crippen molar-refractivity contribution in [1.29, 1.82) is 0 Å². The Hall–Kier alpha value is -2.22. The van der Waals surface area contributed by atoms with Gasteiger partial charge in [-0.15, -0.1) is 5.10 Å². The lowest BCUT2D eigenvalue weighted by Crippen LogP contribution is -2.60. The van der Waals surface area contributed by atoms with E-state index >= 15 is 0 Å². The monoisotopic (exact) mass is 457 g/mol. The summed E-state index contributed by atoms with van der Waals surface area (Å²) in [4.78, 5) is 28.9. The van der Waals surface area contributed by atoms with Gasteiger partial charge in [-0.25, -0.2) is 9.67 Å². The Labute approximate surface area is 177 Å². The van der Waals surface area contributed by atoms with E-state index in [-0.39, 0.29) is 22.8 Å². The average molecular weight is 458 g/mol. The highest BCUT2D eigenvalue weighted by atomic mass is 79.9. The summed E-state index contributed by atoms with van der Waals surface area (Å²) in [5, 5.41) is 10.5. The van der Waals surface area contributed by atoms with Crippen LogP contribution in [-0.2, 0) is 15.1 Å². The summed E-state index contributed by atoms with van der Waals surface area (Å²) in [7, 11) is 0. The van der Waals surface area contributed by atoms with Gasteiger partial charge in [0, 0.05) is 18.3 Å². The molecule has 0 unspecified atom stereocenters. The first kappa shape index (κ1) is 18.8. The Bertz CT molecular complexity index is 956. The molecular weight excluding hydrogens is 434 g/mol. The van der Waals surface area contributed by atoms with Crippen molar-refractivity contribution in [2.45, 2.75) is 51.0 Å². The molecule has 0 radical (unpaired) electrons. The van der Waals surface area contributed by atoms with Crippen LogP contribution in [0.4, 0.5) is 11.4 Å². The van der Waals surface area contributed by atoms with Crippen molar-refractivity contribution < 1.29 is 9.59 Å². The predicted molar refractivity (Wildman–Crippen MR) is 112 cm³/mol. The molecule has 4 fully saturated rings. The number of aromatic nitrogens is 3. The number of benzene rings is 1. The van der Waals surface area contributed by atoms with Crippen LogP contribution in [0.15, 0.2) is 35.3 Å². The van der Waals surface area contributed by atoms with Crippen molar-refractivity contribution in [2.75, 3.05) is 10.6 Å². The van der Waals surface area contributed by atoms with E-state index in [0.717, 1.165) is 43.5 Å². The molecular formula is C21H24BrN5O2. The molecule has 4 aliphatic carbocycles. The van der Waals surface area contributed by atoms with Crippen LogP contribution in [0, 0.1) is 17.3 Å². The van der Waals surface area contributed by atoms with E-state index in [1.54, 1.807) is 0 Å². The summed E-state index contributed by atoms with van der Waals surface area (Å²) in [6, 6.07) is 7.30. The fraction of sp³-hybridized carbons (Fsp3) is 0.524. The molecule has 4 bridgehead atoms. The maximum Gasteiger partial charge on any atom is 0.230 e. The van der Waals surface area contributed by atoms with Crippen LogP contribution in [0.5, 0.6) is 0 Å². The Balaban J connectivity index is 1.39. The number of rotatable bonds is 4. The molecule has 4 aliphatic rings. The third-order valence-electron chi connectivity index (χ3n) is 6.92. The normalized spacial score (nSPS) is 32.2. The molecule has 8 heteroatoms. The second-order valence-electron chi connectivity index (χ2n) is 9.14. The third kappa shape index (κ3) is 3.27. The topological polar surface area (TPSA) is 88.9 Å². The lowest BCUT2D eigenvalue weighted by atomic mass is 9.46. The molecule has 2 aromatic rings. The van der Waals surface area contributed by atoms with E-state index in [0.29, 0.717) is 16.6 Å². The maximum atomic E-state index is 13.5. The minimum atomic E-state index is -0.348. The lowest BCUT2D eigenvalue weighted by molar-refractivity contribution is -0.150. The Kier molecular flexibility index (Phi) is 4.31. The number of anilines is 2. The van der Waals surface area contributed by atoms with E-state index in [4.69, 9.17) is 0 Å². The molecule has 0 saturated heterocycles. The minimum absolute atomic E-state index is 0.101. The zero-order valence-electron chi connectivity index (χ0n) is 16.3. The molecule has 6 rings (SSSR count). The van der Waals surface area contributed by atoms with Crippen LogP contribution in [0.1, 0.15) is 45.4 Å². The summed E-state index contributed by atoms with van der Waals surface area (Å²) >= 11 is 3.37. The van der Waals surface area contributed by atoms with Crippen molar-refractivity contribution in [1.82, 2.24) is 14.8 Å². The molecule has 1 aromatic heterocycles. The third-order valence-corrected chi connectivity index (χ3v) is 7.29. The average Bonchev–Trinajstić information content (AvgIpc) is 3.09. The standard InChI is InChI=1S/C21H24BrN5O2/c1-13(28)24-16-2-4-17(5-3-16)25-18(29)20-7-14-6-15(8-20)10-21(9-14,11-20)27-12-23-19(22)26-27/h2-5,12,14-15H,6-11H2,1H3,(H,24,28)(H,25,29)/t14-,15-,20?,21?/m0/s1. The first-order valence-electron chi connectivity index (χ1n) is 10.1. The number of carbonyl (C=O) groups excluding carboxylic acids is 2. The van der Waals surface area contributed by atoms with Crippen molar-refractivity contribution in [3.05, 3.63) is 35.3 Å². The fourth-order valence-electron chi connectivity index (χ4n) is 6.32. The summed E-state index contributed by atoms with van der Waals surface area (Å²) in [6.07, 6.45) is 7.92. The number of hydrogen-bond donors (Lipinski definition) is 2. The van der Waals surface area contributed by atoms with Gasteiger partial charge in [-0.2, -0.15) is 0 Å². The second-order valence-corrected chi connectivity index (χ2v) is 9.85. The number of nitrogens with zero attached hydrogens (tertiary/aromatic N) is 3. The number of amides is 2. The Morgan fingerprint density at radius 1 is 1.07 bits per heavy atom. The smallest absolute Gasteiger partial charge is 0.230 e. The zero-order chi connectivity index (χ0) is 20.2. The van der Waals surface area contributed by atoms with Gasteiger partial charge in [0.25, 0.3) is 0 Å². The van der Waals surface area contributed by atoms with Crippen molar-refractivity contribution in [3.8, 4) is 0 Å². The van der Waals surface area contributed by atoms with Gasteiger partial charge in [0.15, 0.2) is 0 Å².